The first-order chi connectivity index (χ1) is 15.3. The number of allylic oxidation sites excluding steroid dienone is 4. The summed E-state index contributed by atoms with van der Waals surface area (Å²) in [6.45, 7) is 7.01. The molecule has 32 heavy (non-hydrogen) atoms. The summed E-state index contributed by atoms with van der Waals surface area (Å²) in [4.78, 5) is 12.6. The Morgan fingerprint density at radius 2 is 1.84 bits per heavy atom. The van der Waals surface area contributed by atoms with Gasteiger partial charge in [-0.05, 0) is 92.0 Å². The quantitative estimate of drug-likeness (QED) is 0.394. The van der Waals surface area contributed by atoms with E-state index >= 15 is 0 Å². The minimum absolute atomic E-state index is 0.105. The lowest BCUT2D eigenvalue weighted by molar-refractivity contribution is 0.0630. The van der Waals surface area contributed by atoms with Crippen molar-refractivity contribution in [3.05, 3.63) is 65.3 Å². The maximum atomic E-state index is 12.6. The molecule has 3 nitrogen and oxygen atoms in total. The summed E-state index contributed by atoms with van der Waals surface area (Å²) >= 11 is 1.30. The van der Waals surface area contributed by atoms with E-state index in [0.29, 0.717) is 17.6 Å². The first-order valence-corrected chi connectivity index (χ1v) is 12.9. The van der Waals surface area contributed by atoms with E-state index in [9.17, 15) is 9.90 Å². The fourth-order valence-corrected chi connectivity index (χ4v) is 7.98. The summed E-state index contributed by atoms with van der Waals surface area (Å²) in [5.74, 6) is 1.71. The molecule has 1 unspecified atom stereocenters. The number of hydrogen-bond donors (Lipinski definition) is 1. The van der Waals surface area contributed by atoms with Gasteiger partial charge in [-0.3, -0.25) is 0 Å². The van der Waals surface area contributed by atoms with Crippen molar-refractivity contribution in [1.29, 1.82) is 0 Å². The first kappa shape index (κ1) is 22.0. The van der Waals surface area contributed by atoms with E-state index in [1.54, 1.807) is 5.57 Å². The van der Waals surface area contributed by atoms with Gasteiger partial charge in [0.1, 0.15) is 5.75 Å². The number of aliphatic hydroxyl groups excluding tert-OH is 1. The molecule has 0 aliphatic heterocycles. The molecule has 1 aromatic rings. The van der Waals surface area contributed by atoms with Crippen molar-refractivity contribution in [1.82, 2.24) is 0 Å². The molecule has 0 bridgehead atoms. The van der Waals surface area contributed by atoms with Crippen molar-refractivity contribution in [2.45, 2.75) is 70.7 Å². The van der Waals surface area contributed by atoms with Crippen LogP contribution in [0.25, 0.3) is 0 Å². The molecular weight excluding hydrogens is 416 g/mol. The number of thioether (sulfide) groups is 1. The molecule has 0 saturated heterocycles. The summed E-state index contributed by atoms with van der Waals surface area (Å²) in [6, 6.07) is 9.32. The van der Waals surface area contributed by atoms with Crippen LogP contribution in [0.3, 0.4) is 0 Å². The van der Waals surface area contributed by atoms with Crippen molar-refractivity contribution in [2.75, 3.05) is 0 Å². The van der Waals surface area contributed by atoms with Gasteiger partial charge < -0.3 is 9.84 Å². The smallest absolute Gasteiger partial charge is 0.373 e. The van der Waals surface area contributed by atoms with Crippen LogP contribution in [0.1, 0.15) is 59.3 Å². The molecule has 0 radical (unpaired) electrons. The Kier molecular flexibility index (Phi) is 5.66. The Morgan fingerprint density at radius 3 is 2.62 bits per heavy atom. The molecule has 0 amide bonds. The Balaban J connectivity index is 1.32. The van der Waals surface area contributed by atoms with Gasteiger partial charge in [-0.15, -0.1) is 0 Å². The Morgan fingerprint density at radius 1 is 1.09 bits per heavy atom. The highest BCUT2D eigenvalue weighted by Gasteiger charge is 2.54. The highest BCUT2D eigenvalue weighted by molar-refractivity contribution is 8.14. The summed E-state index contributed by atoms with van der Waals surface area (Å²) in [6.07, 6.45) is 13.2. The minimum Gasteiger partial charge on any atom is -0.418 e. The van der Waals surface area contributed by atoms with Crippen LogP contribution >= 0.6 is 11.8 Å². The molecule has 170 valence electrons. The van der Waals surface area contributed by atoms with E-state index in [0.717, 1.165) is 32.1 Å². The van der Waals surface area contributed by atoms with Crippen LogP contribution in [0.2, 0.25) is 0 Å². The van der Waals surface area contributed by atoms with Crippen LogP contribution in [0.4, 0.5) is 4.79 Å². The number of rotatable bonds is 3. The lowest BCUT2D eigenvalue weighted by Crippen LogP contribution is -2.46. The van der Waals surface area contributed by atoms with Crippen molar-refractivity contribution in [2.24, 2.45) is 22.7 Å². The van der Waals surface area contributed by atoms with Crippen molar-refractivity contribution in [3.8, 4) is 5.75 Å². The second kappa shape index (κ2) is 8.22. The Hall–Kier alpha value is -1.78. The molecular formula is C28H34O3S. The molecule has 2 fully saturated rings. The van der Waals surface area contributed by atoms with Crippen LogP contribution < -0.4 is 4.74 Å². The summed E-state index contributed by atoms with van der Waals surface area (Å²) in [5.41, 5.74) is 4.78. The van der Waals surface area contributed by atoms with Crippen LogP contribution in [0.15, 0.2) is 65.3 Å². The monoisotopic (exact) mass is 450 g/mol. The number of benzene rings is 1. The van der Waals surface area contributed by atoms with Crippen LogP contribution in [-0.4, -0.2) is 21.8 Å². The van der Waals surface area contributed by atoms with Crippen LogP contribution in [-0.2, 0) is 0 Å². The first-order valence-electron chi connectivity index (χ1n) is 12.0. The minimum atomic E-state index is -0.233. The number of carbonyl (C=O) groups is 1. The predicted molar refractivity (Wildman–Crippen MR) is 131 cm³/mol. The van der Waals surface area contributed by atoms with Crippen molar-refractivity contribution >= 4 is 17.1 Å². The standard InChI is InChI=1S/C28H34O3S/c1-18(32-26(30)31-21-7-5-4-6-8-21)23-11-12-24-22-10-9-19-17-20(29)13-15-27(19,2)25(22)14-16-28(23,24)3/h4-11,18,20,24-25,29H,12-17H2,1-3H3/t18-,20?,24-,25-,27-,28+/m0/s1. The fourth-order valence-electron chi connectivity index (χ4n) is 7.05. The summed E-state index contributed by atoms with van der Waals surface area (Å²) < 4.78 is 5.54. The largest absolute Gasteiger partial charge is 0.418 e. The average Bonchev–Trinajstić information content (AvgIpc) is 3.12. The van der Waals surface area contributed by atoms with Gasteiger partial charge in [-0.25, -0.2) is 4.79 Å². The zero-order valence-corrected chi connectivity index (χ0v) is 20.2. The Bertz CT molecular complexity index is 993. The normalized spacial score (nSPS) is 36.6. The van der Waals surface area contributed by atoms with E-state index in [-0.39, 0.29) is 27.5 Å². The maximum absolute atomic E-state index is 12.6. The zero-order valence-electron chi connectivity index (χ0n) is 19.3. The van der Waals surface area contributed by atoms with Gasteiger partial charge in [0.25, 0.3) is 0 Å². The van der Waals surface area contributed by atoms with Gasteiger partial charge >= 0.3 is 5.30 Å². The van der Waals surface area contributed by atoms with Crippen molar-refractivity contribution in [3.63, 3.8) is 0 Å². The van der Waals surface area contributed by atoms with Gasteiger partial charge in [0.2, 0.25) is 0 Å². The van der Waals surface area contributed by atoms with Crippen LogP contribution in [0, 0.1) is 22.7 Å². The highest BCUT2D eigenvalue weighted by Crippen LogP contribution is 2.64. The third-order valence-electron chi connectivity index (χ3n) is 8.85. The van der Waals surface area contributed by atoms with Gasteiger partial charge in [-0.2, -0.15) is 0 Å². The third-order valence-corrected chi connectivity index (χ3v) is 9.73. The number of aliphatic hydroxyl groups is 1. The van der Waals surface area contributed by atoms with E-state index in [2.05, 4.69) is 39.0 Å². The summed E-state index contributed by atoms with van der Waals surface area (Å²) in [5, 5.41) is 10.1. The Labute approximate surface area is 196 Å². The second-order valence-electron chi connectivity index (χ2n) is 10.6. The second-order valence-corrected chi connectivity index (χ2v) is 11.8. The number of carbonyl (C=O) groups excluding carboxylic acids is 1. The van der Waals surface area contributed by atoms with E-state index in [1.807, 2.05) is 30.3 Å². The lowest BCUT2D eigenvalue weighted by atomic mass is 9.50. The molecule has 0 heterocycles. The fraction of sp³-hybridized carbons (Fsp3) is 0.536. The average molecular weight is 451 g/mol. The SMILES string of the molecule is C[C@H](SC(=O)Oc1ccccc1)C1=CC[C@H]2C3=CC=C4CC(O)CC[C@]4(C)[C@H]3CC[C@]12C. The lowest BCUT2D eigenvalue weighted by Gasteiger charge is -2.54. The number of para-hydroxylation sites is 1. The topological polar surface area (TPSA) is 46.5 Å². The molecule has 0 spiro atoms. The van der Waals surface area contributed by atoms with E-state index in [4.69, 9.17) is 4.74 Å². The maximum Gasteiger partial charge on any atom is 0.373 e. The van der Waals surface area contributed by atoms with Gasteiger partial charge in [0.15, 0.2) is 0 Å². The van der Waals surface area contributed by atoms with E-state index < -0.39 is 0 Å². The molecule has 5 rings (SSSR count). The zero-order chi connectivity index (χ0) is 22.5. The van der Waals surface area contributed by atoms with E-state index in [1.165, 1.54) is 29.3 Å². The number of hydrogen-bond acceptors (Lipinski definition) is 4. The van der Waals surface area contributed by atoms with Crippen molar-refractivity contribution < 1.29 is 14.6 Å². The number of fused-ring (bicyclic) bond motifs is 5. The molecule has 1 N–H and O–H groups in total. The number of ether oxygens (including phenoxy) is 1. The molecule has 6 atom stereocenters. The third kappa shape index (κ3) is 3.60. The molecule has 4 heteroatoms. The molecule has 1 aromatic carbocycles. The highest BCUT2D eigenvalue weighted by atomic mass is 32.2. The van der Waals surface area contributed by atoms with Crippen LogP contribution in [0.5, 0.6) is 5.75 Å². The molecule has 0 aromatic heterocycles. The predicted octanol–water partition coefficient (Wildman–Crippen LogP) is 7.09. The summed E-state index contributed by atoms with van der Waals surface area (Å²) in [7, 11) is 0. The molecule has 4 aliphatic rings. The molecule has 2 saturated carbocycles. The van der Waals surface area contributed by atoms with Gasteiger partial charge in [-0.1, -0.05) is 67.0 Å². The van der Waals surface area contributed by atoms with Gasteiger partial charge in [0, 0.05) is 5.25 Å². The molecule has 4 aliphatic carbocycles. The van der Waals surface area contributed by atoms with Gasteiger partial charge in [0.05, 0.1) is 6.10 Å².